The number of aliphatic imine (C=N–C) groups is 1. The summed E-state index contributed by atoms with van der Waals surface area (Å²) in [7, 11) is 5.72. The topological polar surface area (TPSA) is 159 Å². The fourth-order valence-electron chi connectivity index (χ4n) is 10.5. The van der Waals surface area contributed by atoms with Gasteiger partial charge < -0.3 is 31.4 Å². The molecule has 0 spiro atoms. The van der Waals surface area contributed by atoms with Crippen LogP contribution in [0.3, 0.4) is 0 Å². The minimum Gasteiger partial charge on any atom is -0.495 e. The van der Waals surface area contributed by atoms with Crippen LogP contribution in [0.5, 0.6) is 5.75 Å². The number of carbonyl (C=O) groups excluding carboxylic acids is 2. The van der Waals surface area contributed by atoms with E-state index >= 15 is 0 Å². The Kier molecular flexibility index (Phi) is 22.5. The fourth-order valence-corrected chi connectivity index (χ4v) is 10.5. The molecule has 2 amide bonds. The summed E-state index contributed by atoms with van der Waals surface area (Å²) in [5, 5.41) is 14.5. The summed E-state index contributed by atoms with van der Waals surface area (Å²) >= 11 is 0. The maximum atomic E-state index is 12.9. The molecule has 2 heterocycles. The number of hydrazone groups is 1. The van der Waals surface area contributed by atoms with Gasteiger partial charge in [0.15, 0.2) is 0 Å². The molecule has 2 saturated carbocycles. The maximum Gasteiger partial charge on any atom is 0.222 e. The Labute approximate surface area is 398 Å². The number of aryl methyl sites for hydroxylation is 2. The van der Waals surface area contributed by atoms with Crippen LogP contribution in [-0.2, 0) is 16.6 Å². The molecule has 1 aromatic heterocycles. The Bertz CT molecular complexity index is 1960. The minimum atomic E-state index is -0.557. The number of nitrogens with zero attached hydrogens (tertiary/aromatic N) is 6. The third kappa shape index (κ3) is 15.6. The molecule has 3 fully saturated rings. The summed E-state index contributed by atoms with van der Waals surface area (Å²) in [5.74, 6) is 3.85. The van der Waals surface area contributed by atoms with E-state index in [1.807, 2.05) is 46.0 Å². The second-order valence-corrected chi connectivity index (χ2v) is 19.6. The Hall–Kier alpha value is -4.46. The number of nitrogens with one attached hydrogen (secondary N) is 2. The lowest BCUT2D eigenvalue weighted by Crippen LogP contribution is -2.53. The standard InChI is InChI=1S/C41H71N9O3.C10H11N.C2H6/c1-28(2)22-34-24-29(3)23-32(34)9-8-30(4)41(52)44-16-17-49-18-20-50(21-19-49)36-13-11-35(12-14-36)48(6)47-39(31(5)40(43)45-26-42)33-10-15-37(46-27-51)38(25-33)53-7;1-8-7-9-5-3-4-6-10(9)11(8)2;1-2/h10,15,25-32,34-36,40H,8-9,11-14,16-24,43H2,1-7H3,(H2,42,45)(H,44,52)(H,46,51);3-7H,1-2H3;1-2H3/b47-39+;;. The fraction of sp³-hybridized carbons (Fsp3) is 0.660. The molecule has 3 aliphatic rings. The van der Waals surface area contributed by atoms with Crippen LogP contribution >= 0.6 is 0 Å². The highest BCUT2D eigenvalue weighted by Crippen LogP contribution is 2.42. The van der Waals surface area contributed by atoms with Crippen molar-refractivity contribution in [2.45, 2.75) is 131 Å². The molecule has 3 aromatic rings. The first-order valence-electron chi connectivity index (χ1n) is 25.2. The van der Waals surface area contributed by atoms with Crippen molar-refractivity contribution in [2.75, 3.05) is 58.7 Å². The van der Waals surface area contributed by atoms with E-state index in [-0.39, 0.29) is 17.7 Å². The number of ether oxygens (including phenoxy) is 1. The van der Waals surface area contributed by atoms with Gasteiger partial charge in [-0.05, 0) is 118 Å². The van der Waals surface area contributed by atoms with Crippen molar-refractivity contribution in [1.82, 2.24) is 24.7 Å². The number of para-hydroxylation sites is 1. The number of carbonyl (C=O) groups is 2. The molecule has 6 atom stereocenters. The second kappa shape index (κ2) is 27.4. The SMILES string of the molecule is CC.COc1cc(/C(=N/N(C)C2CCC(N3CCN(CCNC(=O)C(C)CCC4CC(C)CC4CC(C)C)CC3)CC2)C(C)C(N)/N=C\N)ccc1NC=O.Cc1cc2ccccc2n1C. The van der Waals surface area contributed by atoms with Gasteiger partial charge in [0.1, 0.15) is 11.9 Å². The summed E-state index contributed by atoms with van der Waals surface area (Å²) in [6.45, 7) is 23.2. The zero-order chi connectivity index (χ0) is 48.3. The summed E-state index contributed by atoms with van der Waals surface area (Å²) in [4.78, 5) is 33.4. The Balaban J connectivity index is 0.000000627. The van der Waals surface area contributed by atoms with Gasteiger partial charge in [0.2, 0.25) is 12.3 Å². The van der Waals surface area contributed by atoms with Crippen molar-refractivity contribution in [3.8, 4) is 5.75 Å². The molecule has 2 aliphatic carbocycles. The monoisotopic (exact) mass is 913 g/mol. The van der Waals surface area contributed by atoms with E-state index in [0.29, 0.717) is 29.9 Å². The molecule has 0 bridgehead atoms. The molecule has 13 heteroatoms. The van der Waals surface area contributed by atoms with Gasteiger partial charge in [-0.2, -0.15) is 5.10 Å². The molecular weight excluding hydrogens is 825 g/mol. The normalized spacial score (nSPS) is 23.0. The molecule has 13 nitrogen and oxygen atoms in total. The third-order valence-electron chi connectivity index (χ3n) is 14.5. The number of hydrogen-bond donors (Lipinski definition) is 4. The Morgan fingerprint density at radius 3 is 2.30 bits per heavy atom. The van der Waals surface area contributed by atoms with E-state index in [1.54, 1.807) is 7.11 Å². The molecular formula is C53H88N10O3. The first-order chi connectivity index (χ1) is 31.7. The Morgan fingerprint density at radius 2 is 1.67 bits per heavy atom. The van der Waals surface area contributed by atoms with Crippen molar-refractivity contribution < 1.29 is 14.3 Å². The van der Waals surface area contributed by atoms with E-state index in [9.17, 15) is 9.59 Å². The molecule has 6 unspecified atom stereocenters. The van der Waals surface area contributed by atoms with Crippen LogP contribution in [0.15, 0.2) is 58.6 Å². The van der Waals surface area contributed by atoms with Crippen molar-refractivity contribution in [3.05, 3.63) is 59.8 Å². The molecule has 6 rings (SSSR count). The molecule has 66 heavy (non-hydrogen) atoms. The average Bonchev–Trinajstić information content (AvgIpc) is 3.83. The quantitative estimate of drug-likeness (QED) is 0.0404. The summed E-state index contributed by atoms with van der Waals surface area (Å²) in [6.07, 6.45) is 11.9. The molecule has 0 radical (unpaired) electrons. The van der Waals surface area contributed by atoms with Crippen LogP contribution in [-0.4, -0.2) is 115 Å². The van der Waals surface area contributed by atoms with Crippen molar-refractivity contribution in [2.24, 2.45) is 64.1 Å². The van der Waals surface area contributed by atoms with Crippen LogP contribution < -0.4 is 26.8 Å². The van der Waals surface area contributed by atoms with E-state index in [2.05, 4.69) is 107 Å². The number of hydrogen-bond acceptors (Lipinski definition) is 9. The highest BCUT2D eigenvalue weighted by atomic mass is 16.5. The van der Waals surface area contributed by atoms with Crippen LogP contribution in [0.2, 0.25) is 0 Å². The number of methoxy groups -OCH3 is 1. The van der Waals surface area contributed by atoms with E-state index in [1.165, 1.54) is 48.6 Å². The van der Waals surface area contributed by atoms with Gasteiger partial charge in [0.05, 0.1) is 24.8 Å². The smallest absolute Gasteiger partial charge is 0.222 e. The first-order valence-corrected chi connectivity index (χ1v) is 25.2. The summed E-state index contributed by atoms with van der Waals surface area (Å²) in [6, 6.07) is 17.1. The lowest BCUT2D eigenvalue weighted by molar-refractivity contribution is -0.124. The van der Waals surface area contributed by atoms with Crippen molar-refractivity contribution >= 4 is 41.0 Å². The predicted molar refractivity (Wildman–Crippen MR) is 276 cm³/mol. The highest BCUT2D eigenvalue weighted by molar-refractivity contribution is 6.03. The van der Waals surface area contributed by atoms with Gasteiger partial charge in [-0.25, -0.2) is 0 Å². The average molecular weight is 913 g/mol. The van der Waals surface area contributed by atoms with Gasteiger partial charge in [-0.15, -0.1) is 0 Å². The number of anilines is 1. The molecule has 2 aromatic carbocycles. The first kappa shape index (κ1) is 54.1. The molecule has 1 saturated heterocycles. The van der Waals surface area contributed by atoms with Gasteiger partial charge in [0, 0.05) is 94.1 Å². The lowest BCUT2D eigenvalue weighted by atomic mass is 9.84. The lowest BCUT2D eigenvalue weighted by Gasteiger charge is -2.43. The van der Waals surface area contributed by atoms with E-state index in [4.69, 9.17) is 21.3 Å². The van der Waals surface area contributed by atoms with E-state index in [0.717, 1.165) is 106 Å². The maximum absolute atomic E-state index is 12.9. The van der Waals surface area contributed by atoms with Gasteiger partial charge in [0.25, 0.3) is 0 Å². The molecule has 1 aliphatic heterocycles. The number of nitrogens with two attached hydrogens (primary N) is 2. The van der Waals surface area contributed by atoms with Gasteiger partial charge in [-0.1, -0.05) is 72.7 Å². The molecule has 368 valence electrons. The Morgan fingerprint density at radius 1 is 0.985 bits per heavy atom. The summed E-state index contributed by atoms with van der Waals surface area (Å²) < 4.78 is 7.76. The predicted octanol–water partition coefficient (Wildman–Crippen LogP) is 8.49. The third-order valence-corrected chi connectivity index (χ3v) is 14.5. The highest BCUT2D eigenvalue weighted by Gasteiger charge is 2.33. The van der Waals surface area contributed by atoms with Gasteiger partial charge >= 0.3 is 0 Å². The van der Waals surface area contributed by atoms with Crippen LogP contribution in [0.25, 0.3) is 10.9 Å². The second-order valence-electron chi connectivity index (χ2n) is 19.6. The van der Waals surface area contributed by atoms with Crippen molar-refractivity contribution in [1.29, 1.82) is 0 Å². The number of piperazine rings is 1. The zero-order valence-electron chi connectivity index (χ0n) is 42.6. The van der Waals surface area contributed by atoms with Crippen molar-refractivity contribution in [3.63, 3.8) is 0 Å². The minimum absolute atomic E-state index is 0.0852. The number of aromatic nitrogens is 1. The molecule has 6 N–H and O–H groups in total. The largest absolute Gasteiger partial charge is 0.495 e. The summed E-state index contributed by atoms with van der Waals surface area (Å²) in [5.41, 5.74) is 16.8. The number of fused-ring (bicyclic) bond motifs is 1. The van der Waals surface area contributed by atoms with Gasteiger partial charge in [-0.3, -0.25) is 29.4 Å². The van der Waals surface area contributed by atoms with Crippen LogP contribution in [0.1, 0.15) is 118 Å². The number of rotatable bonds is 19. The van der Waals surface area contributed by atoms with E-state index < -0.39 is 6.17 Å². The number of benzene rings is 2. The number of amides is 2. The zero-order valence-corrected chi connectivity index (χ0v) is 42.6. The van der Waals surface area contributed by atoms with Crippen LogP contribution in [0.4, 0.5) is 5.69 Å². The van der Waals surface area contributed by atoms with Crippen LogP contribution in [0, 0.1) is 42.4 Å².